The van der Waals surface area contributed by atoms with Crippen LogP contribution in [0.1, 0.15) is 11.3 Å². The SMILES string of the molecule is O=S(=O)(c1ccccc1F)N(CCc1ccccc1)Cc1ccccn1. The summed E-state index contributed by atoms with van der Waals surface area (Å²) >= 11 is 0. The van der Waals surface area contributed by atoms with Gasteiger partial charge in [0.15, 0.2) is 0 Å². The van der Waals surface area contributed by atoms with Crippen LogP contribution in [0.3, 0.4) is 0 Å². The van der Waals surface area contributed by atoms with Gasteiger partial charge in [0.2, 0.25) is 10.0 Å². The largest absolute Gasteiger partial charge is 0.260 e. The summed E-state index contributed by atoms with van der Waals surface area (Å²) in [6.45, 7) is 0.321. The molecule has 2 aromatic carbocycles. The first-order valence-electron chi connectivity index (χ1n) is 8.26. The molecule has 0 aliphatic heterocycles. The van der Waals surface area contributed by atoms with Crippen LogP contribution in [-0.2, 0) is 23.0 Å². The molecule has 0 spiro atoms. The van der Waals surface area contributed by atoms with Gasteiger partial charge < -0.3 is 0 Å². The number of hydrogen-bond donors (Lipinski definition) is 0. The Morgan fingerprint density at radius 1 is 0.885 bits per heavy atom. The molecule has 0 amide bonds. The molecule has 3 rings (SSSR count). The van der Waals surface area contributed by atoms with Crippen molar-refractivity contribution < 1.29 is 12.8 Å². The number of aromatic nitrogens is 1. The lowest BCUT2D eigenvalue weighted by Gasteiger charge is -2.22. The monoisotopic (exact) mass is 370 g/mol. The minimum Gasteiger partial charge on any atom is -0.260 e. The lowest BCUT2D eigenvalue weighted by Crippen LogP contribution is -2.33. The zero-order valence-corrected chi connectivity index (χ0v) is 14.9. The smallest absolute Gasteiger partial charge is 0.246 e. The van der Waals surface area contributed by atoms with E-state index in [1.165, 1.54) is 22.5 Å². The highest BCUT2D eigenvalue weighted by Gasteiger charge is 2.27. The minimum absolute atomic E-state index is 0.0876. The lowest BCUT2D eigenvalue weighted by molar-refractivity contribution is 0.402. The molecule has 134 valence electrons. The van der Waals surface area contributed by atoms with E-state index < -0.39 is 15.8 Å². The second kappa shape index (κ2) is 8.21. The normalized spacial score (nSPS) is 11.6. The Kier molecular flexibility index (Phi) is 5.75. The maximum absolute atomic E-state index is 14.1. The summed E-state index contributed by atoms with van der Waals surface area (Å²) in [7, 11) is -3.98. The standard InChI is InChI=1S/C20H19FN2O2S/c21-19-11-4-5-12-20(19)26(24,25)23(16-18-10-6-7-14-22-18)15-13-17-8-2-1-3-9-17/h1-12,14H,13,15-16H2. The molecule has 6 heteroatoms. The van der Waals surface area contributed by atoms with Crippen LogP contribution < -0.4 is 0 Å². The van der Waals surface area contributed by atoms with Crippen molar-refractivity contribution in [2.24, 2.45) is 0 Å². The van der Waals surface area contributed by atoms with Crippen LogP contribution in [-0.4, -0.2) is 24.3 Å². The molecule has 0 N–H and O–H groups in total. The molecule has 0 fully saturated rings. The summed E-state index contributed by atoms with van der Waals surface area (Å²) in [5, 5.41) is 0. The van der Waals surface area contributed by atoms with Gasteiger partial charge in [-0.15, -0.1) is 0 Å². The van der Waals surface area contributed by atoms with Gasteiger partial charge in [0.1, 0.15) is 10.7 Å². The molecule has 3 aromatic rings. The van der Waals surface area contributed by atoms with Crippen LogP contribution in [0.25, 0.3) is 0 Å². The summed E-state index contributed by atoms with van der Waals surface area (Å²) in [5.41, 5.74) is 1.63. The number of rotatable bonds is 7. The van der Waals surface area contributed by atoms with Crippen molar-refractivity contribution in [3.05, 3.63) is 96.1 Å². The van der Waals surface area contributed by atoms with Crippen LogP contribution in [0.5, 0.6) is 0 Å². The lowest BCUT2D eigenvalue weighted by atomic mass is 10.1. The molecule has 0 aliphatic rings. The van der Waals surface area contributed by atoms with Gasteiger partial charge in [-0.25, -0.2) is 12.8 Å². The van der Waals surface area contributed by atoms with Gasteiger partial charge in [-0.1, -0.05) is 48.5 Å². The fourth-order valence-electron chi connectivity index (χ4n) is 2.65. The maximum atomic E-state index is 14.1. The van der Waals surface area contributed by atoms with Crippen molar-refractivity contribution in [3.63, 3.8) is 0 Å². The second-order valence-electron chi connectivity index (χ2n) is 5.83. The molecular formula is C20H19FN2O2S. The van der Waals surface area contributed by atoms with Crippen LogP contribution in [0.4, 0.5) is 4.39 Å². The zero-order chi connectivity index (χ0) is 18.4. The quantitative estimate of drug-likeness (QED) is 0.638. The number of pyridine rings is 1. The average Bonchev–Trinajstić information content (AvgIpc) is 2.67. The average molecular weight is 370 g/mol. The van der Waals surface area contributed by atoms with Gasteiger partial charge in [-0.05, 0) is 36.2 Å². The van der Waals surface area contributed by atoms with Gasteiger partial charge in [0.05, 0.1) is 12.2 Å². The predicted octanol–water partition coefficient (Wildman–Crippen LogP) is 3.65. The Balaban J connectivity index is 1.90. The third-order valence-corrected chi connectivity index (χ3v) is 5.89. The summed E-state index contributed by atoms with van der Waals surface area (Å²) < 4.78 is 41.5. The molecule has 0 unspecified atom stereocenters. The van der Waals surface area contributed by atoms with Gasteiger partial charge >= 0.3 is 0 Å². The molecule has 0 saturated heterocycles. The summed E-state index contributed by atoms with van der Waals surface area (Å²) in [6, 6.07) is 20.4. The Labute approximate surface area is 153 Å². The van der Waals surface area contributed by atoms with E-state index in [4.69, 9.17) is 0 Å². The summed E-state index contributed by atoms with van der Waals surface area (Å²) in [6.07, 6.45) is 2.14. The van der Waals surface area contributed by atoms with Crippen LogP contribution >= 0.6 is 0 Å². The number of benzene rings is 2. The highest BCUT2D eigenvalue weighted by atomic mass is 32.2. The third-order valence-electron chi connectivity index (χ3n) is 4.01. The predicted molar refractivity (Wildman–Crippen MR) is 98.4 cm³/mol. The van der Waals surface area contributed by atoms with Gasteiger partial charge in [0.25, 0.3) is 0 Å². The molecule has 0 atom stereocenters. The first kappa shape index (κ1) is 18.2. The summed E-state index contributed by atoms with van der Waals surface area (Å²) in [5.74, 6) is -0.752. The van der Waals surface area contributed by atoms with Crippen molar-refractivity contribution in [1.82, 2.24) is 9.29 Å². The van der Waals surface area contributed by atoms with E-state index in [1.807, 2.05) is 30.3 Å². The Morgan fingerprint density at radius 2 is 1.58 bits per heavy atom. The van der Waals surface area contributed by atoms with Crippen molar-refractivity contribution in [3.8, 4) is 0 Å². The van der Waals surface area contributed by atoms with E-state index in [0.717, 1.165) is 11.6 Å². The first-order valence-corrected chi connectivity index (χ1v) is 9.70. The molecule has 26 heavy (non-hydrogen) atoms. The van der Waals surface area contributed by atoms with Crippen molar-refractivity contribution in [2.75, 3.05) is 6.54 Å². The number of hydrogen-bond acceptors (Lipinski definition) is 3. The topological polar surface area (TPSA) is 50.3 Å². The Morgan fingerprint density at radius 3 is 2.27 bits per heavy atom. The molecule has 1 aromatic heterocycles. The zero-order valence-electron chi connectivity index (χ0n) is 14.1. The van der Waals surface area contributed by atoms with Crippen LogP contribution in [0.2, 0.25) is 0 Å². The van der Waals surface area contributed by atoms with Crippen molar-refractivity contribution in [1.29, 1.82) is 0 Å². The van der Waals surface area contributed by atoms with Gasteiger partial charge in [-0.3, -0.25) is 4.98 Å². The number of sulfonamides is 1. The van der Waals surface area contributed by atoms with E-state index in [9.17, 15) is 12.8 Å². The second-order valence-corrected chi connectivity index (χ2v) is 7.73. The highest BCUT2D eigenvalue weighted by molar-refractivity contribution is 7.89. The Bertz CT molecular complexity index is 948. The van der Waals surface area contributed by atoms with Gasteiger partial charge in [0, 0.05) is 12.7 Å². The molecule has 0 radical (unpaired) electrons. The first-order chi connectivity index (χ1) is 12.6. The van der Waals surface area contributed by atoms with Crippen molar-refractivity contribution >= 4 is 10.0 Å². The van der Waals surface area contributed by atoms with E-state index in [0.29, 0.717) is 12.1 Å². The molecule has 1 heterocycles. The van der Waals surface area contributed by atoms with E-state index in [2.05, 4.69) is 4.98 Å². The number of nitrogens with zero attached hydrogens (tertiary/aromatic N) is 2. The van der Waals surface area contributed by atoms with Crippen molar-refractivity contribution in [2.45, 2.75) is 17.9 Å². The molecule has 0 saturated carbocycles. The minimum atomic E-state index is -3.98. The van der Waals surface area contributed by atoms with E-state index in [1.54, 1.807) is 24.4 Å². The third kappa shape index (κ3) is 4.33. The van der Waals surface area contributed by atoms with E-state index in [-0.39, 0.29) is 18.0 Å². The highest BCUT2D eigenvalue weighted by Crippen LogP contribution is 2.21. The molecule has 4 nitrogen and oxygen atoms in total. The molecular weight excluding hydrogens is 351 g/mol. The fourth-order valence-corrected chi connectivity index (χ4v) is 4.13. The van der Waals surface area contributed by atoms with E-state index >= 15 is 0 Å². The summed E-state index contributed by atoms with van der Waals surface area (Å²) in [4.78, 5) is 3.89. The van der Waals surface area contributed by atoms with Crippen LogP contribution in [0, 0.1) is 5.82 Å². The fraction of sp³-hybridized carbons (Fsp3) is 0.150. The number of halogens is 1. The van der Waals surface area contributed by atoms with Gasteiger partial charge in [-0.2, -0.15) is 4.31 Å². The Hall–Kier alpha value is -2.57. The molecule has 0 bridgehead atoms. The van der Waals surface area contributed by atoms with Crippen LogP contribution in [0.15, 0.2) is 83.9 Å². The molecule has 0 aliphatic carbocycles. The maximum Gasteiger partial charge on any atom is 0.246 e.